The zero-order chi connectivity index (χ0) is 21.7. The summed E-state index contributed by atoms with van der Waals surface area (Å²) in [7, 11) is 0. The number of hydrogen-bond acceptors (Lipinski definition) is 5. The molecule has 5 heteroatoms. The maximum absolute atomic E-state index is 10.8. The summed E-state index contributed by atoms with van der Waals surface area (Å²) in [5.41, 5.74) is 3.86. The zero-order valence-corrected chi connectivity index (χ0v) is 17.8. The first-order valence-corrected chi connectivity index (χ1v) is 11.4. The fourth-order valence-electron chi connectivity index (χ4n) is 5.63. The Balaban J connectivity index is 1.60. The van der Waals surface area contributed by atoms with E-state index in [0.717, 1.165) is 36.1 Å². The van der Waals surface area contributed by atoms with Gasteiger partial charge in [-0.25, -0.2) is 4.90 Å². The molecule has 3 aliphatic rings. The van der Waals surface area contributed by atoms with Gasteiger partial charge < -0.3 is 14.9 Å². The number of fused-ring (bicyclic) bond motifs is 5. The van der Waals surface area contributed by atoms with Gasteiger partial charge in [0.2, 0.25) is 0 Å². The molecule has 1 fully saturated rings. The number of para-hydroxylation sites is 3. The second-order valence-corrected chi connectivity index (χ2v) is 8.86. The third-order valence-corrected chi connectivity index (χ3v) is 7.06. The van der Waals surface area contributed by atoms with Crippen molar-refractivity contribution in [2.75, 3.05) is 0 Å². The number of aliphatic imine (C=N–C) groups is 1. The van der Waals surface area contributed by atoms with E-state index in [0.29, 0.717) is 11.5 Å². The topological polar surface area (TPSA) is 65.3 Å². The summed E-state index contributed by atoms with van der Waals surface area (Å²) in [4.78, 5) is 7.47. The van der Waals surface area contributed by atoms with E-state index in [4.69, 9.17) is 9.73 Å². The van der Waals surface area contributed by atoms with Gasteiger partial charge in [0.1, 0.15) is 23.4 Å². The molecule has 32 heavy (non-hydrogen) atoms. The first-order valence-electron chi connectivity index (χ1n) is 11.4. The van der Waals surface area contributed by atoms with E-state index in [9.17, 15) is 10.2 Å². The van der Waals surface area contributed by atoms with E-state index in [1.54, 1.807) is 12.1 Å². The quantitative estimate of drug-likeness (QED) is 0.537. The van der Waals surface area contributed by atoms with Crippen LogP contribution in [-0.4, -0.2) is 20.8 Å². The molecule has 4 unspecified atom stereocenters. The fourth-order valence-corrected chi connectivity index (χ4v) is 5.63. The standard InChI is InChI=1S/C27H26N2O3/c30-22-14-6-2-10-18(22)26-28-21-13-5-1-9-17(21)25-20-12-4-8-16-24(20)32-27(29(25)26)19-11-3-7-15-23(19)31/h2-4,6-8,10-12,14-17,25-27,30-31H,1,5,9,13H2. The van der Waals surface area contributed by atoms with E-state index in [2.05, 4.69) is 17.0 Å². The summed E-state index contributed by atoms with van der Waals surface area (Å²) in [6.07, 6.45) is 3.48. The summed E-state index contributed by atoms with van der Waals surface area (Å²) >= 11 is 0. The number of ether oxygens (including phenoxy) is 1. The number of phenols is 2. The van der Waals surface area contributed by atoms with E-state index in [1.807, 2.05) is 48.5 Å². The zero-order valence-electron chi connectivity index (χ0n) is 17.8. The van der Waals surface area contributed by atoms with Crippen molar-refractivity contribution in [1.82, 2.24) is 4.90 Å². The highest BCUT2D eigenvalue weighted by Gasteiger charge is 2.50. The van der Waals surface area contributed by atoms with Gasteiger partial charge in [-0.15, -0.1) is 0 Å². The van der Waals surface area contributed by atoms with Gasteiger partial charge in [0.05, 0.1) is 6.04 Å². The van der Waals surface area contributed by atoms with Gasteiger partial charge in [0.15, 0.2) is 6.23 Å². The molecule has 0 aromatic heterocycles. The smallest absolute Gasteiger partial charge is 0.185 e. The summed E-state index contributed by atoms with van der Waals surface area (Å²) in [6.45, 7) is 0. The molecule has 0 saturated heterocycles. The van der Waals surface area contributed by atoms with E-state index in [-0.39, 0.29) is 17.5 Å². The Labute approximate surface area is 187 Å². The lowest BCUT2D eigenvalue weighted by molar-refractivity contribution is -0.0796. The molecule has 3 aromatic rings. The molecule has 5 nitrogen and oxygen atoms in total. The molecule has 3 aromatic carbocycles. The maximum atomic E-state index is 10.8. The number of hydrogen-bond donors (Lipinski definition) is 2. The molecular weight excluding hydrogens is 400 g/mol. The van der Waals surface area contributed by atoms with Crippen molar-refractivity contribution in [1.29, 1.82) is 0 Å². The molecule has 0 spiro atoms. The minimum Gasteiger partial charge on any atom is -0.508 e. The third-order valence-electron chi connectivity index (χ3n) is 7.06. The first kappa shape index (κ1) is 19.4. The Morgan fingerprint density at radius 2 is 1.44 bits per heavy atom. The van der Waals surface area contributed by atoms with Crippen LogP contribution in [-0.2, 0) is 0 Å². The molecule has 0 radical (unpaired) electrons. The SMILES string of the molecule is Oc1ccccc1C1N=C2CCCCC2C2c3ccccc3OC(c3ccccc3O)N12. The molecule has 4 atom stereocenters. The molecule has 162 valence electrons. The van der Waals surface area contributed by atoms with E-state index < -0.39 is 12.4 Å². The summed E-state index contributed by atoms with van der Waals surface area (Å²) in [6, 6.07) is 23.0. The minimum atomic E-state index is -0.520. The van der Waals surface area contributed by atoms with Crippen molar-refractivity contribution >= 4 is 5.71 Å². The number of aromatic hydroxyl groups is 2. The molecule has 0 bridgehead atoms. The molecule has 0 amide bonds. The van der Waals surface area contributed by atoms with Crippen molar-refractivity contribution in [3.63, 3.8) is 0 Å². The third kappa shape index (κ3) is 3.00. The normalized spacial score (nSPS) is 26.8. The summed E-state index contributed by atoms with van der Waals surface area (Å²) in [5, 5.41) is 21.5. The van der Waals surface area contributed by atoms with E-state index >= 15 is 0 Å². The average Bonchev–Trinajstić information content (AvgIpc) is 2.83. The van der Waals surface area contributed by atoms with Gasteiger partial charge in [-0.05, 0) is 37.5 Å². The van der Waals surface area contributed by atoms with Crippen LogP contribution in [0.25, 0.3) is 0 Å². The maximum Gasteiger partial charge on any atom is 0.185 e. The lowest BCUT2D eigenvalue weighted by atomic mass is 9.75. The van der Waals surface area contributed by atoms with Crippen LogP contribution in [0.4, 0.5) is 0 Å². The Morgan fingerprint density at radius 3 is 2.19 bits per heavy atom. The Morgan fingerprint density at radius 1 is 0.781 bits per heavy atom. The van der Waals surface area contributed by atoms with Gasteiger partial charge in [0.25, 0.3) is 0 Å². The molecule has 1 saturated carbocycles. The fraction of sp³-hybridized carbons (Fsp3) is 0.296. The van der Waals surface area contributed by atoms with Gasteiger partial charge in [-0.3, -0.25) is 4.99 Å². The van der Waals surface area contributed by atoms with Crippen LogP contribution >= 0.6 is 0 Å². The van der Waals surface area contributed by atoms with Gasteiger partial charge in [0, 0.05) is 28.3 Å². The van der Waals surface area contributed by atoms with Crippen LogP contribution in [0.1, 0.15) is 60.8 Å². The lowest BCUT2D eigenvalue weighted by Crippen LogP contribution is -2.49. The monoisotopic (exact) mass is 426 g/mol. The van der Waals surface area contributed by atoms with Crippen LogP contribution in [0.3, 0.4) is 0 Å². The van der Waals surface area contributed by atoms with Gasteiger partial charge >= 0.3 is 0 Å². The largest absolute Gasteiger partial charge is 0.508 e. The molecule has 2 N–H and O–H groups in total. The second kappa shape index (κ2) is 7.68. The molecule has 2 heterocycles. The predicted octanol–water partition coefficient (Wildman–Crippen LogP) is 5.88. The Kier molecular flexibility index (Phi) is 4.65. The number of rotatable bonds is 2. The second-order valence-electron chi connectivity index (χ2n) is 8.86. The molecular formula is C27H26N2O3. The summed E-state index contributed by atoms with van der Waals surface area (Å²) in [5.74, 6) is 1.57. The Hall–Kier alpha value is -3.31. The molecule has 6 rings (SSSR count). The Bertz CT molecular complexity index is 1190. The predicted molar refractivity (Wildman–Crippen MR) is 123 cm³/mol. The van der Waals surface area contributed by atoms with Crippen LogP contribution in [0.5, 0.6) is 17.2 Å². The van der Waals surface area contributed by atoms with Crippen LogP contribution in [0.2, 0.25) is 0 Å². The molecule has 2 aliphatic heterocycles. The van der Waals surface area contributed by atoms with Crippen LogP contribution < -0.4 is 4.74 Å². The lowest BCUT2D eigenvalue weighted by Gasteiger charge is -2.52. The van der Waals surface area contributed by atoms with Crippen molar-refractivity contribution in [3.05, 3.63) is 89.5 Å². The van der Waals surface area contributed by atoms with Crippen molar-refractivity contribution in [3.8, 4) is 17.2 Å². The highest BCUT2D eigenvalue weighted by atomic mass is 16.5. The van der Waals surface area contributed by atoms with Crippen molar-refractivity contribution < 1.29 is 14.9 Å². The van der Waals surface area contributed by atoms with E-state index in [1.165, 1.54) is 12.1 Å². The highest BCUT2D eigenvalue weighted by Crippen LogP contribution is 2.56. The van der Waals surface area contributed by atoms with Gasteiger partial charge in [-0.1, -0.05) is 61.0 Å². The number of benzene rings is 3. The van der Waals surface area contributed by atoms with Crippen molar-refractivity contribution in [2.45, 2.75) is 44.1 Å². The highest BCUT2D eigenvalue weighted by molar-refractivity contribution is 5.89. The first-order chi connectivity index (χ1) is 15.7. The van der Waals surface area contributed by atoms with Crippen molar-refractivity contribution in [2.24, 2.45) is 10.9 Å². The minimum absolute atomic E-state index is 0.0574. The number of nitrogens with zero attached hydrogens (tertiary/aromatic N) is 2. The van der Waals surface area contributed by atoms with Crippen LogP contribution in [0.15, 0.2) is 77.8 Å². The summed E-state index contributed by atoms with van der Waals surface area (Å²) < 4.78 is 6.55. The average molecular weight is 427 g/mol. The van der Waals surface area contributed by atoms with Crippen LogP contribution in [0, 0.1) is 5.92 Å². The molecule has 1 aliphatic carbocycles. The number of phenolic OH excluding ortho intramolecular Hbond substituents is 2. The van der Waals surface area contributed by atoms with Gasteiger partial charge in [-0.2, -0.15) is 0 Å².